The highest BCUT2D eigenvalue weighted by atomic mass is 35.5. The predicted octanol–water partition coefficient (Wildman–Crippen LogP) is 4.03. The lowest BCUT2D eigenvalue weighted by molar-refractivity contribution is 0.378. The molecule has 1 saturated carbocycles. The molecule has 1 aromatic rings. The van der Waals surface area contributed by atoms with Crippen molar-refractivity contribution in [2.75, 3.05) is 5.32 Å². The molecule has 16 heavy (non-hydrogen) atoms. The third kappa shape index (κ3) is 2.49. The summed E-state index contributed by atoms with van der Waals surface area (Å²) in [6.07, 6.45) is 5.46. The highest BCUT2D eigenvalue weighted by molar-refractivity contribution is 6.32. The Morgan fingerprint density at radius 1 is 1.50 bits per heavy atom. The van der Waals surface area contributed by atoms with Crippen LogP contribution in [0.3, 0.4) is 0 Å². The smallest absolute Gasteiger partial charge is 0.152 e. The van der Waals surface area contributed by atoms with Crippen molar-refractivity contribution >= 4 is 17.3 Å². The number of aromatic nitrogens is 1. The Kier molecular flexibility index (Phi) is 3.11. The Bertz CT molecular complexity index is 367. The maximum atomic E-state index is 6.11. The number of nitrogens with zero attached hydrogens (tertiary/aromatic N) is 1. The van der Waals surface area contributed by atoms with Crippen LogP contribution >= 0.6 is 11.6 Å². The van der Waals surface area contributed by atoms with E-state index in [1.807, 2.05) is 6.07 Å². The van der Waals surface area contributed by atoms with Gasteiger partial charge in [0.1, 0.15) is 0 Å². The van der Waals surface area contributed by atoms with Gasteiger partial charge in [0, 0.05) is 12.2 Å². The van der Waals surface area contributed by atoms with Crippen molar-refractivity contribution in [1.29, 1.82) is 0 Å². The summed E-state index contributed by atoms with van der Waals surface area (Å²) in [4.78, 5) is 4.12. The Hall–Kier alpha value is -0.760. The highest BCUT2D eigenvalue weighted by Gasteiger charge is 2.31. The van der Waals surface area contributed by atoms with Crippen molar-refractivity contribution in [1.82, 2.24) is 4.98 Å². The molecule has 1 atom stereocenters. The minimum Gasteiger partial charge on any atom is -0.380 e. The number of pyridine rings is 1. The van der Waals surface area contributed by atoms with Crippen molar-refractivity contribution in [3.05, 3.63) is 23.0 Å². The van der Waals surface area contributed by atoms with Gasteiger partial charge in [0.15, 0.2) is 5.15 Å². The van der Waals surface area contributed by atoms with Gasteiger partial charge < -0.3 is 5.32 Å². The number of rotatable bonds is 2. The largest absolute Gasteiger partial charge is 0.380 e. The molecule has 88 valence electrons. The van der Waals surface area contributed by atoms with Crippen LogP contribution in [-0.2, 0) is 0 Å². The van der Waals surface area contributed by atoms with Crippen LogP contribution in [0.4, 0.5) is 5.69 Å². The molecule has 1 aromatic heterocycles. The molecular formula is C13H19ClN2. The predicted molar refractivity (Wildman–Crippen MR) is 69.0 cm³/mol. The van der Waals surface area contributed by atoms with Crippen molar-refractivity contribution in [3.8, 4) is 0 Å². The van der Waals surface area contributed by atoms with Gasteiger partial charge in [-0.3, -0.25) is 0 Å². The minimum absolute atomic E-state index is 0.459. The Labute approximate surface area is 102 Å². The Morgan fingerprint density at radius 3 is 2.81 bits per heavy atom. The van der Waals surface area contributed by atoms with Gasteiger partial charge in [0.2, 0.25) is 0 Å². The second kappa shape index (κ2) is 4.25. The number of halogens is 1. The summed E-state index contributed by atoms with van der Waals surface area (Å²) >= 11 is 6.11. The number of hydrogen-bond donors (Lipinski definition) is 1. The molecule has 0 amide bonds. The van der Waals surface area contributed by atoms with Crippen LogP contribution in [0.2, 0.25) is 5.15 Å². The van der Waals surface area contributed by atoms with Gasteiger partial charge in [-0.15, -0.1) is 0 Å². The lowest BCUT2D eigenvalue weighted by Gasteiger charge is -2.19. The van der Waals surface area contributed by atoms with Crippen molar-refractivity contribution < 1.29 is 0 Å². The van der Waals surface area contributed by atoms with E-state index in [-0.39, 0.29) is 0 Å². The van der Waals surface area contributed by atoms with Gasteiger partial charge in [-0.05, 0) is 43.2 Å². The lowest BCUT2D eigenvalue weighted by Crippen LogP contribution is -2.18. The molecule has 2 nitrogen and oxygen atoms in total. The van der Waals surface area contributed by atoms with Crippen LogP contribution in [0.1, 0.15) is 38.7 Å². The van der Waals surface area contributed by atoms with E-state index in [0.29, 0.717) is 16.6 Å². The first-order valence-electron chi connectivity index (χ1n) is 5.86. The lowest BCUT2D eigenvalue weighted by atomic mass is 9.92. The van der Waals surface area contributed by atoms with Gasteiger partial charge in [0.25, 0.3) is 0 Å². The minimum atomic E-state index is 0.459. The first-order valence-corrected chi connectivity index (χ1v) is 6.23. The molecule has 2 rings (SSSR count). The van der Waals surface area contributed by atoms with Gasteiger partial charge in [0.05, 0.1) is 5.69 Å². The zero-order valence-corrected chi connectivity index (χ0v) is 10.9. The summed E-state index contributed by atoms with van der Waals surface area (Å²) in [5.74, 6) is 0. The van der Waals surface area contributed by atoms with E-state index in [1.165, 1.54) is 24.8 Å². The summed E-state index contributed by atoms with van der Waals surface area (Å²) in [5, 5.41) is 4.13. The fraction of sp³-hybridized carbons (Fsp3) is 0.615. The fourth-order valence-electron chi connectivity index (χ4n) is 2.46. The first-order chi connectivity index (χ1) is 7.48. The molecule has 1 heterocycles. The molecule has 1 N–H and O–H groups in total. The van der Waals surface area contributed by atoms with Crippen LogP contribution in [0.5, 0.6) is 0 Å². The third-order valence-corrected chi connectivity index (χ3v) is 3.72. The number of nitrogens with one attached hydrogen (secondary N) is 1. The quantitative estimate of drug-likeness (QED) is 0.787. The molecule has 1 aliphatic rings. The summed E-state index contributed by atoms with van der Waals surface area (Å²) in [6.45, 7) is 6.72. The van der Waals surface area contributed by atoms with Gasteiger partial charge in [-0.1, -0.05) is 25.4 Å². The first kappa shape index (κ1) is 11.7. The highest BCUT2D eigenvalue weighted by Crippen LogP contribution is 2.39. The molecule has 0 spiro atoms. The van der Waals surface area contributed by atoms with Crippen LogP contribution in [0, 0.1) is 12.3 Å². The van der Waals surface area contributed by atoms with Crippen LogP contribution < -0.4 is 5.32 Å². The van der Waals surface area contributed by atoms with E-state index in [0.717, 1.165) is 5.69 Å². The van der Waals surface area contributed by atoms with E-state index >= 15 is 0 Å². The topological polar surface area (TPSA) is 24.9 Å². The zero-order valence-electron chi connectivity index (χ0n) is 10.2. The van der Waals surface area contributed by atoms with E-state index in [1.54, 1.807) is 6.20 Å². The molecular weight excluding hydrogens is 220 g/mol. The van der Waals surface area contributed by atoms with E-state index in [4.69, 9.17) is 11.6 Å². The van der Waals surface area contributed by atoms with Crippen LogP contribution in [0.25, 0.3) is 0 Å². The summed E-state index contributed by atoms with van der Waals surface area (Å²) < 4.78 is 0. The fourth-order valence-corrected chi connectivity index (χ4v) is 2.72. The molecule has 1 unspecified atom stereocenters. The van der Waals surface area contributed by atoms with Crippen molar-refractivity contribution in [2.24, 2.45) is 5.41 Å². The number of anilines is 1. The SMILES string of the molecule is Cc1ccnc(Cl)c1NC1CCC(C)(C)C1. The van der Waals surface area contributed by atoms with Crippen LogP contribution in [-0.4, -0.2) is 11.0 Å². The van der Waals surface area contributed by atoms with Gasteiger partial charge >= 0.3 is 0 Å². The average molecular weight is 239 g/mol. The summed E-state index contributed by atoms with van der Waals surface area (Å²) in [7, 11) is 0. The monoisotopic (exact) mass is 238 g/mol. The summed E-state index contributed by atoms with van der Waals surface area (Å²) in [5.41, 5.74) is 2.64. The van der Waals surface area contributed by atoms with Crippen molar-refractivity contribution in [2.45, 2.75) is 46.1 Å². The molecule has 0 aromatic carbocycles. The zero-order chi connectivity index (χ0) is 11.8. The van der Waals surface area contributed by atoms with Crippen molar-refractivity contribution in [3.63, 3.8) is 0 Å². The van der Waals surface area contributed by atoms with E-state index in [2.05, 4.69) is 31.1 Å². The van der Waals surface area contributed by atoms with Gasteiger partial charge in [-0.25, -0.2) is 4.98 Å². The maximum absolute atomic E-state index is 6.11. The standard InChI is InChI=1S/C13H19ClN2/c1-9-5-7-15-12(14)11(9)16-10-4-6-13(2,3)8-10/h5,7,10,16H,4,6,8H2,1-3H3. The van der Waals surface area contributed by atoms with Gasteiger partial charge in [-0.2, -0.15) is 0 Å². The summed E-state index contributed by atoms with van der Waals surface area (Å²) in [6, 6.07) is 2.53. The Balaban J connectivity index is 2.11. The molecule has 0 aliphatic heterocycles. The molecule has 0 radical (unpaired) electrons. The maximum Gasteiger partial charge on any atom is 0.152 e. The number of hydrogen-bond acceptors (Lipinski definition) is 2. The second-order valence-corrected chi connectivity index (χ2v) is 5.90. The number of aryl methyl sites for hydroxylation is 1. The average Bonchev–Trinajstić information content (AvgIpc) is 2.52. The molecule has 1 fully saturated rings. The second-order valence-electron chi connectivity index (χ2n) is 5.54. The van der Waals surface area contributed by atoms with E-state index < -0.39 is 0 Å². The van der Waals surface area contributed by atoms with Crippen LogP contribution in [0.15, 0.2) is 12.3 Å². The third-order valence-electron chi connectivity index (χ3n) is 3.43. The Morgan fingerprint density at radius 2 is 2.25 bits per heavy atom. The molecule has 1 aliphatic carbocycles. The molecule has 0 bridgehead atoms. The molecule has 0 saturated heterocycles. The normalized spacial score (nSPS) is 23.4. The molecule has 3 heteroatoms. The van der Waals surface area contributed by atoms with E-state index in [9.17, 15) is 0 Å².